The molecule has 0 spiro atoms. The number of hydrogen-bond acceptors (Lipinski definition) is 2. The van der Waals surface area contributed by atoms with E-state index in [1.807, 2.05) is 18.4 Å². The minimum absolute atomic E-state index is 0.0408. The van der Waals surface area contributed by atoms with Crippen LogP contribution in [0.15, 0.2) is 18.2 Å². The molecule has 1 aromatic heterocycles. The molecule has 0 aliphatic rings. The molecule has 0 fully saturated rings. The van der Waals surface area contributed by atoms with E-state index < -0.39 is 17.9 Å². The summed E-state index contributed by atoms with van der Waals surface area (Å²) in [6.45, 7) is 5.55. The maximum atomic E-state index is 14.0. The van der Waals surface area contributed by atoms with Gasteiger partial charge in [-0.2, -0.15) is 0 Å². The lowest BCUT2D eigenvalue weighted by Gasteiger charge is -2.13. The molecular formula is C14H16FNO3. The van der Waals surface area contributed by atoms with Crippen molar-refractivity contribution in [2.45, 2.75) is 32.9 Å². The Hall–Kier alpha value is -1.88. The minimum atomic E-state index is -1.72. The van der Waals surface area contributed by atoms with Crippen molar-refractivity contribution in [1.29, 1.82) is 0 Å². The molecule has 0 radical (unpaired) electrons. The van der Waals surface area contributed by atoms with Gasteiger partial charge in [-0.25, -0.2) is 9.18 Å². The van der Waals surface area contributed by atoms with Gasteiger partial charge in [-0.15, -0.1) is 0 Å². The van der Waals surface area contributed by atoms with E-state index in [1.54, 1.807) is 19.1 Å². The quantitative estimate of drug-likeness (QED) is 0.897. The Morgan fingerprint density at radius 2 is 2.00 bits per heavy atom. The van der Waals surface area contributed by atoms with E-state index in [4.69, 9.17) is 5.11 Å². The molecule has 1 heterocycles. The van der Waals surface area contributed by atoms with E-state index in [0.717, 1.165) is 0 Å². The van der Waals surface area contributed by atoms with Crippen LogP contribution in [0.1, 0.15) is 37.3 Å². The molecule has 0 amide bonds. The van der Waals surface area contributed by atoms with Gasteiger partial charge in [0.25, 0.3) is 0 Å². The summed E-state index contributed by atoms with van der Waals surface area (Å²) in [7, 11) is 0. The third-order valence-electron chi connectivity index (χ3n) is 3.30. The fourth-order valence-corrected chi connectivity index (χ4v) is 2.60. The Balaban J connectivity index is 2.90. The summed E-state index contributed by atoms with van der Waals surface area (Å²) in [6, 6.07) is 4.61. The number of aliphatic carboxylic acids is 1. The molecule has 1 unspecified atom stereocenters. The number of rotatable bonds is 3. The van der Waals surface area contributed by atoms with E-state index >= 15 is 0 Å². The van der Waals surface area contributed by atoms with Crippen molar-refractivity contribution in [3.63, 3.8) is 0 Å². The number of aliphatic hydroxyl groups excluding tert-OH is 1. The summed E-state index contributed by atoms with van der Waals surface area (Å²) < 4.78 is 15.8. The Bertz CT molecular complexity index is 646. The molecule has 0 saturated carbocycles. The molecule has 0 saturated heterocycles. The van der Waals surface area contributed by atoms with Gasteiger partial charge in [-0.3, -0.25) is 0 Å². The van der Waals surface area contributed by atoms with Gasteiger partial charge < -0.3 is 14.8 Å². The highest BCUT2D eigenvalue weighted by atomic mass is 19.1. The third kappa shape index (κ3) is 2.00. The number of aromatic nitrogens is 1. The van der Waals surface area contributed by atoms with E-state index in [-0.39, 0.29) is 17.0 Å². The second-order valence-electron chi connectivity index (χ2n) is 4.84. The summed E-state index contributed by atoms with van der Waals surface area (Å²) in [6.07, 6.45) is -1.72. The number of carboxylic acids is 1. The Morgan fingerprint density at radius 1 is 1.37 bits per heavy atom. The molecule has 1 aromatic carbocycles. The summed E-state index contributed by atoms with van der Waals surface area (Å²) in [5.41, 5.74) is 1.31. The number of halogens is 1. The van der Waals surface area contributed by atoms with Gasteiger partial charge in [0.15, 0.2) is 6.10 Å². The minimum Gasteiger partial charge on any atom is -0.479 e. The van der Waals surface area contributed by atoms with Gasteiger partial charge in [0.1, 0.15) is 5.82 Å². The molecule has 19 heavy (non-hydrogen) atoms. The first-order chi connectivity index (χ1) is 8.86. The molecule has 2 N–H and O–H groups in total. The average molecular weight is 265 g/mol. The first kappa shape index (κ1) is 13.5. The van der Waals surface area contributed by atoms with Crippen LogP contribution in [0.2, 0.25) is 0 Å². The highest BCUT2D eigenvalue weighted by Gasteiger charge is 2.27. The van der Waals surface area contributed by atoms with Crippen molar-refractivity contribution in [1.82, 2.24) is 4.57 Å². The Morgan fingerprint density at radius 3 is 2.53 bits per heavy atom. The fraction of sp³-hybridized carbons (Fsp3) is 0.357. The first-order valence-electron chi connectivity index (χ1n) is 6.06. The first-order valence-corrected chi connectivity index (χ1v) is 6.06. The average Bonchev–Trinajstić information content (AvgIpc) is 2.61. The zero-order valence-electron chi connectivity index (χ0n) is 11.0. The van der Waals surface area contributed by atoms with Crippen molar-refractivity contribution < 1.29 is 19.4 Å². The maximum Gasteiger partial charge on any atom is 0.337 e. The SMILES string of the molecule is Cc1c(C(O)C(=O)O)c2c(F)cccc2n1C(C)C. The van der Waals surface area contributed by atoms with Gasteiger partial charge in [-0.05, 0) is 32.9 Å². The van der Waals surface area contributed by atoms with Gasteiger partial charge in [0, 0.05) is 22.7 Å². The summed E-state index contributed by atoms with van der Waals surface area (Å²) in [5, 5.41) is 19.0. The summed E-state index contributed by atoms with van der Waals surface area (Å²) >= 11 is 0. The number of nitrogens with zero attached hydrogens (tertiary/aromatic N) is 1. The summed E-state index contributed by atoms with van der Waals surface area (Å²) in [5.74, 6) is -1.90. The monoisotopic (exact) mass is 265 g/mol. The molecule has 0 aliphatic carbocycles. The van der Waals surface area contributed by atoms with Crippen LogP contribution in [0.5, 0.6) is 0 Å². The van der Waals surface area contributed by atoms with Crippen LogP contribution in [0, 0.1) is 12.7 Å². The van der Waals surface area contributed by atoms with Crippen LogP contribution < -0.4 is 0 Å². The van der Waals surface area contributed by atoms with Crippen molar-refractivity contribution >= 4 is 16.9 Å². The van der Waals surface area contributed by atoms with Crippen molar-refractivity contribution in [3.05, 3.63) is 35.3 Å². The predicted octanol–water partition coefficient (Wildman–Crippen LogP) is 2.79. The van der Waals surface area contributed by atoms with Crippen LogP contribution in [-0.2, 0) is 4.79 Å². The third-order valence-corrected chi connectivity index (χ3v) is 3.30. The molecule has 4 nitrogen and oxygen atoms in total. The lowest BCUT2D eigenvalue weighted by atomic mass is 10.1. The Labute approximate surface area is 110 Å². The van der Waals surface area contributed by atoms with Crippen molar-refractivity contribution in [3.8, 4) is 0 Å². The summed E-state index contributed by atoms with van der Waals surface area (Å²) in [4.78, 5) is 11.0. The molecule has 102 valence electrons. The molecule has 5 heteroatoms. The standard InChI is InChI=1S/C14H16FNO3/c1-7(2)16-8(3)11(13(17)14(18)19)12-9(15)5-4-6-10(12)16/h4-7,13,17H,1-3H3,(H,18,19). The largest absolute Gasteiger partial charge is 0.479 e. The topological polar surface area (TPSA) is 62.5 Å². The number of hydrogen-bond donors (Lipinski definition) is 2. The predicted molar refractivity (Wildman–Crippen MR) is 69.6 cm³/mol. The van der Waals surface area contributed by atoms with E-state index in [9.17, 15) is 14.3 Å². The van der Waals surface area contributed by atoms with Crippen LogP contribution in [-0.4, -0.2) is 20.7 Å². The second-order valence-corrected chi connectivity index (χ2v) is 4.84. The van der Waals surface area contributed by atoms with Crippen molar-refractivity contribution in [2.24, 2.45) is 0 Å². The molecule has 2 rings (SSSR count). The number of carbonyl (C=O) groups is 1. The van der Waals surface area contributed by atoms with E-state index in [0.29, 0.717) is 11.2 Å². The van der Waals surface area contributed by atoms with Crippen molar-refractivity contribution in [2.75, 3.05) is 0 Å². The van der Waals surface area contributed by atoms with Crippen LogP contribution >= 0.6 is 0 Å². The van der Waals surface area contributed by atoms with Gasteiger partial charge >= 0.3 is 5.97 Å². The van der Waals surface area contributed by atoms with Gasteiger partial charge in [-0.1, -0.05) is 6.07 Å². The number of benzene rings is 1. The van der Waals surface area contributed by atoms with Crippen LogP contribution in [0.3, 0.4) is 0 Å². The van der Waals surface area contributed by atoms with Crippen LogP contribution in [0.4, 0.5) is 4.39 Å². The Kier molecular flexibility index (Phi) is 3.32. The van der Waals surface area contributed by atoms with Crippen LogP contribution in [0.25, 0.3) is 10.9 Å². The lowest BCUT2D eigenvalue weighted by molar-refractivity contribution is -0.146. The number of carboxylic acid groups (broad SMARTS) is 1. The normalized spacial score (nSPS) is 13.2. The van der Waals surface area contributed by atoms with Gasteiger partial charge in [0.2, 0.25) is 0 Å². The molecule has 1 atom stereocenters. The lowest BCUT2D eigenvalue weighted by Crippen LogP contribution is -2.12. The zero-order chi connectivity index (χ0) is 14.3. The molecule has 0 bridgehead atoms. The smallest absolute Gasteiger partial charge is 0.337 e. The zero-order valence-corrected chi connectivity index (χ0v) is 11.0. The second kappa shape index (κ2) is 4.66. The molecule has 2 aromatic rings. The number of aliphatic hydroxyl groups is 1. The highest BCUT2D eigenvalue weighted by molar-refractivity contribution is 5.91. The van der Waals surface area contributed by atoms with E-state index in [1.165, 1.54) is 6.07 Å². The molecular weight excluding hydrogens is 249 g/mol. The van der Waals surface area contributed by atoms with Gasteiger partial charge in [0.05, 0.1) is 5.52 Å². The fourth-order valence-electron chi connectivity index (χ4n) is 2.60. The molecule has 0 aliphatic heterocycles. The highest BCUT2D eigenvalue weighted by Crippen LogP contribution is 2.34. The van der Waals surface area contributed by atoms with E-state index in [2.05, 4.69) is 0 Å². The number of fused-ring (bicyclic) bond motifs is 1. The maximum absolute atomic E-state index is 14.0.